The van der Waals surface area contributed by atoms with Crippen LogP contribution < -0.4 is 10.5 Å². The Hall–Kier alpha value is -2.48. The molecule has 0 aliphatic carbocycles. The summed E-state index contributed by atoms with van der Waals surface area (Å²) < 4.78 is 4.79. The maximum Gasteiger partial charge on any atom is 0.311 e. The van der Waals surface area contributed by atoms with Crippen molar-refractivity contribution in [3.8, 4) is 5.75 Å². The molecule has 0 fully saturated rings. The van der Waals surface area contributed by atoms with Crippen LogP contribution in [0.2, 0.25) is 0 Å². The highest BCUT2D eigenvalue weighted by Gasteiger charge is 2.23. The molecule has 0 saturated carbocycles. The molecule has 19 heavy (non-hydrogen) atoms. The van der Waals surface area contributed by atoms with E-state index in [9.17, 15) is 19.7 Å². The Bertz CT molecular complexity index is 528. The van der Waals surface area contributed by atoms with E-state index in [1.54, 1.807) is 0 Å². The fourth-order valence-corrected chi connectivity index (χ4v) is 1.48. The average molecular weight is 268 g/mol. The number of ketones is 1. The molecular weight excluding hydrogens is 256 g/mol. The van der Waals surface area contributed by atoms with Gasteiger partial charge in [-0.2, -0.15) is 0 Å². The van der Waals surface area contributed by atoms with Gasteiger partial charge in [-0.25, -0.2) is 0 Å². The molecule has 0 spiro atoms. The van der Waals surface area contributed by atoms with Gasteiger partial charge in [0.15, 0.2) is 11.5 Å². The minimum absolute atomic E-state index is 0.00774. The van der Waals surface area contributed by atoms with Crippen molar-refractivity contribution in [3.05, 3.63) is 33.9 Å². The summed E-state index contributed by atoms with van der Waals surface area (Å²) in [6, 6.07) is 2.34. The van der Waals surface area contributed by atoms with Crippen molar-refractivity contribution >= 4 is 17.4 Å². The molecule has 0 aliphatic rings. The SMILES string of the molecule is COc1ccc(C(=O)C(N)CC(=O)O)cc1[N+](=O)[O-]. The van der Waals surface area contributed by atoms with E-state index in [0.29, 0.717) is 0 Å². The zero-order valence-electron chi connectivity index (χ0n) is 10.0. The number of nitro groups is 1. The molecule has 8 nitrogen and oxygen atoms in total. The van der Waals surface area contributed by atoms with Crippen molar-refractivity contribution in [2.24, 2.45) is 5.73 Å². The third-order valence-electron chi connectivity index (χ3n) is 2.39. The van der Waals surface area contributed by atoms with Gasteiger partial charge in [0.05, 0.1) is 24.5 Å². The molecule has 1 aromatic rings. The van der Waals surface area contributed by atoms with E-state index in [2.05, 4.69) is 0 Å². The normalized spacial score (nSPS) is 11.7. The van der Waals surface area contributed by atoms with Gasteiger partial charge in [-0.05, 0) is 12.1 Å². The minimum Gasteiger partial charge on any atom is -0.490 e. The fraction of sp³-hybridized carbons (Fsp3) is 0.273. The summed E-state index contributed by atoms with van der Waals surface area (Å²) in [6.07, 6.45) is -0.543. The highest BCUT2D eigenvalue weighted by Crippen LogP contribution is 2.27. The number of hydrogen-bond donors (Lipinski definition) is 2. The summed E-state index contributed by atoms with van der Waals surface area (Å²) in [6.45, 7) is 0. The summed E-state index contributed by atoms with van der Waals surface area (Å²) in [7, 11) is 1.26. The van der Waals surface area contributed by atoms with Gasteiger partial charge in [-0.15, -0.1) is 0 Å². The van der Waals surface area contributed by atoms with Crippen LogP contribution in [0.25, 0.3) is 0 Å². The molecular formula is C11H12N2O6. The number of rotatable bonds is 6. The van der Waals surface area contributed by atoms with Crippen LogP contribution in [-0.4, -0.2) is 34.9 Å². The summed E-state index contributed by atoms with van der Waals surface area (Å²) >= 11 is 0. The first-order valence-electron chi connectivity index (χ1n) is 5.20. The predicted molar refractivity (Wildman–Crippen MR) is 64.2 cm³/mol. The van der Waals surface area contributed by atoms with E-state index in [0.717, 1.165) is 6.07 Å². The number of carboxylic acid groups (broad SMARTS) is 1. The number of carboxylic acids is 1. The second kappa shape index (κ2) is 5.91. The Balaban J connectivity index is 3.08. The zero-order valence-corrected chi connectivity index (χ0v) is 10.0. The lowest BCUT2D eigenvalue weighted by atomic mass is 10.0. The van der Waals surface area contributed by atoms with Gasteiger partial charge in [0.2, 0.25) is 0 Å². The number of Topliss-reactive ketones (excluding diaryl/α,β-unsaturated/α-hetero) is 1. The highest BCUT2D eigenvalue weighted by molar-refractivity contribution is 6.02. The summed E-state index contributed by atoms with van der Waals surface area (Å²) in [5.41, 5.74) is 5.01. The predicted octanol–water partition coefficient (Wildman–Crippen LogP) is 0.588. The number of nitro benzene ring substituents is 1. The molecule has 3 N–H and O–H groups in total. The second-order valence-corrected chi connectivity index (χ2v) is 3.71. The van der Waals surface area contributed by atoms with E-state index in [4.69, 9.17) is 15.6 Å². The Morgan fingerprint density at radius 2 is 2.16 bits per heavy atom. The van der Waals surface area contributed by atoms with Gasteiger partial charge in [0.1, 0.15) is 0 Å². The number of carbonyl (C=O) groups excluding carboxylic acids is 1. The van der Waals surface area contributed by atoms with Crippen molar-refractivity contribution < 1.29 is 24.4 Å². The number of benzene rings is 1. The largest absolute Gasteiger partial charge is 0.490 e. The summed E-state index contributed by atoms with van der Waals surface area (Å²) in [5.74, 6) is -1.88. The molecule has 8 heteroatoms. The average Bonchev–Trinajstić information content (AvgIpc) is 2.36. The van der Waals surface area contributed by atoms with E-state index in [1.165, 1.54) is 19.2 Å². The van der Waals surface area contributed by atoms with Crippen molar-refractivity contribution in [1.82, 2.24) is 0 Å². The highest BCUT2D eigenvalue weighted by atomic mass is 16.6. The van der Waals surface area contributed by atoms with Crippen LogP contribution >= 0.6 is 0 Å². The van der Waals surface area contributed by atoms with Crippen LogP contribution in [0, 0.1) is 10.1 Å². The molecule has 0 bridgehead atoms. The van der Waals surface area contributed by atoms with Crippen LogP contribution in [0.4, 0.5) is 5.69 Å². The van der Waals surface area contributed by atoms with E-state index in [1.807, 2.05) is 0 Å². The number of nitrogens with zero attached hydrogens (tertiary/aromatic N) is 1. The Morgan fingerprint density at radius 1 is 1.53 bits per heavy atom. The molecule has 0 amide bonds. The number of aliphatic carboxylic acids is 1. The molecule has 0 radical (unpaired) electrons. The van der Waals surface area contributed by atoms with Crippen molar-refractivity contribution in [1.29, 1.82) is 0 Å². The smallest absolute Gasteiger partial charge is 0.311 e. The number of nitrogens with two attached hydrogens (primary N) is 1. The minimum atomic E-state index is -1.24. The van der Waals surface area contributed by atoms with Crippen LogP contribution in [0.15, 0.2) is 18.2 Å². The van der Waals surface area contributed by atoms with E-state index in [-0.39, 0.29) is 17.0 Å². The van der Waals surface area contributed by atoms with Crippen molar-refractivity contribution in [2.45, 2.75) is 12.5 Å². The van der Waals surface area contributed by atoms with E-state index < -0.39 is 29.1 Å². The maximum atomic E-state index is 11.8. The van der Waals surface area contributed by atoms with Crippen molar-refractivity contribution in [2.75, 3.05) is 7.11 Å². The molecule has 1 atom stereocenters. The molecule has 0 saturated heterocycles. The second-order valence-electron chi connectivity index (χ2n) is 3.71. The third-order valence-corrected chi connectivity index (χ3v) is 2.39. The molecule has 1 rings (SSSR count). The summed E-state index contributed by atoms with van der Waals surface area (Å²) in [5, 5.41) is 19.3. The molecule has 0 aliphatic heterocycles. The quantitative estimate of drug-likeness (QED) is 0.438. The lowest BCUT2D eigenvalue weighted by Crippen LogP contribution is -2.32. The van der Waals surface area contributed by atoms with Crippen LogP contribution in [0.3, 0.4) is 0 Å². The molecule has 1 aromatic carbocycles. The van der Waals surface area contributed by atoms with E-state index >= 15 is 0 Å². The van der Waals surface area contributed by atoms with Gasteiger partial charge in [0.25, 0.3) is 0 Å². The van der Waals surface area contributed by atoms with Gasteiger partial charge < -0.3 is 15.6 Å². The third kappa shape index (κ3) is 3.49. The number of hydrogen-bond acceptors (Lipinski definition) is 6. The zero-order chi connectivity index (χ0) is 14.6. The number of ether oxygens (including phenoxy) is 1. The molecule has 102 valence electrons. The Morgan fingerprint density at radius 3 is 2.63 bits per heavy atom. The van der Waals surface area contributed by atoms with Gasteiger partial charge in [-0.3, -0.25) is 19.7 Å². The standard InChI is InChI=1S/C11H12N2O6/c1-19-9-3-2-6(4-8(9)13(17)18)11(16)7(12)5-10(14)15/h2-4,7H,5,12H2,1H3,(H,14,15). The summed E-state index contributed by atoms with van der Waals surface area (Å²) in [4.78, 5) is 32.4. The number of carbonyl (C=O) groups is 2. The van der Waals surface area contributed by atoms with Crippen LogP contribution in [0.5, 0.6) is 5.75 Å². The van der Waals surface area contributed by atoms with Gasteiger partial charge in [0, 0.05) is 11.6 Å². The Labute approximate surface area is 107 Å². The van der Waals surface area contributed by atoms with Crippen molar-refractivity contribution in [3.63, 3.8) is 0 Å². The van der Waals surface area contributed by atoms with Gasteiger partial charge >= 0.3 is 11.7 Å². The monoisotopic (exact) mass is 268 g/mol. The first kappa shape index (κ1) is 14.6. The molecule has 0 aromatic heterocycles. The maximum absolute atomic E-state index is 11.8. The Kier molecular flexibility index (Phi) is 4.54. The van der Waals surface area contributed by atoms with Gasteiger partial charge in [-0.1, -0.05) is 0 Å². The lowest BCUT2D eigenvalue weighted by molar-refractivity contribution is -0.385. The molecule has 0 heterocycles. The first-order valence-corrected chi connectivity index (χ1v) is 5.20. The molecule has 1 unspecified atom stereocenters. The number of methoxy groups -OCH3 is 1. The van der Waals surface area contributed by atoms with Crippen LogP contribution in [0.1, 0.15) is 16.8 Å². The lowest BCUT2D eigenvalue weighted by Gasteiger charge is -2.08. The first-order chi connectivity index (χ1) is 8.86. The topological polar surface area (TPSA) is 133 Å². The fourth-order valence-electron chi connectivity index (χ4n) is 1.48. The van der Waals surface area contributed by atoms with Crippen LogP contribution in [-0.2, 0) is 4.79 Å².